The van der Waals surface area contributed by atoms with E-state index < -0.39 is 39.7 Å². The average molecular weight is 515 g/mol. The van der Waals surface area contributed by atoms with Crippen LogP contribution in [-0.2, 0) is 21.0 Å². The Labute approximate surface area is 201 Å². The highest BCUT2D eigenvalue weighted by molar-refractivity contribution is 7.92. The van der Waals surface area contributed by atoms with E-state index in [2.05, 4.69) is 15.0 Å². The van der Waals surface area contributed by atoms with Crippen molar-refractivity contribution in [3.05, 3.63) is 59.0 Å². The van der Waals surface area contributed by atoms with Gasteiger partial charge in [0.2, 0.25) is 15.9 Å². The molecule has 0 spiro atoms. The van der Waals surface area contributed by atoms with Gasteiger partial charge in [-0.05, 0) is 62.1 Å². The highest BCUT2D eigenvalue weighted by Crippen LogP contribution is 2.32. The molecule has 0 saturated carbocycles. The van der Waals surface area contributed by atoms with E-state index in [-0.39, 0.29) is 11.5 Å². The third kappa shape index (κ3) is 7.41. The minimum Gasteiger partial charge on any atom is -0.356 e. The Morgan fingerprint density at radius 2 is 1.83 bits per heavy atom. The molecule has 1 atom stereocenters. The second-order valence-electron chi connectivity index (χ2n) is 8.33. The first-order chi connectivity index (χ1) is 16.3. The quantitative estimate of drug-likeness (QED) is 0.420. The van der Waals surface area contributed by atoms with Crippen molar-refractivity contribution in [3.8, 4) is 0 Å². The van der Waals surface area contributed by atoms with E-state index in [9.17, 15) is 30.8 Å². The first-order valence-electron chi connectivity index (χ1n) is 10.9. The van der Waals surface area contributed by atoms with E-state index >= 15 is 0 Å². The summed E-state index contributed by atoms with van der Waals surface area (Å²) in [6.45, 7) is 2.77. The van der Waals surface area contributed by atoms with Crippen LogP contribution in [0.2, 0.25) is 0 Å². The second kappa shape index (κ2) is 10.6. The van der Waals surface area contributed by atoms with Gasteiger partial charge in [0.1, 0.15) is 17.3 Å². The number of amides is 1. The van der Waals surface area contributed by atoms with Gasteiger partial charge in [0, 0.05) is 24.7 Å². The molecule has 35 heavy (non-hydrogen) atoms. The number of nitrogens with one attached hydrogen (secondary N) is 2. The van der Waals surface area contributed by atoms with Crippen molar-refractivity contribution in [3.63, 3.8) is 0 Å². The van der Waals surface area contributed by atoms with Crippen LogP contribution in [0.1, 0.15) is 49.0 Å². The largest absolute Gasteiger partial charge is 0.433 e. The molecule has 2 heterocycles. The molecule has 0 radical (unpaired) electrons. The predicted octanol–water partition coefficient (Wildman–Crippen LogP) is 4.49. The molecule has 1 saturated heterocycles. The molecular weight excluding hydrogens is 488 g/mol. The average Bonchev–Trinajstić information content (AvgIpc) is 2.78. The van der Waals surface area contributed by atoms with Crippen LogP contribution >= 0.6 is 0 Å². The number of sulfonamides is 1. The molecule has 0 bridgehead atoms. The first-order valence-corrected chi connectivity index (χ1v) is 12.8. The van der Waals surface area contributed by atoms with Gasteiger partial charge in [-0.1, -0.05) is 6.07 Å². The Morgan fingerprint density at radius 3 is 2.43 bits per heavy atom. The van der Waals surface area contributed by atoms with Crippen molar-refractivity contribution in [1.29, 1.82) is 0 Å². The number of alkyl halides is 3. The minimum atomic E-state index is -4.58. The third-order valence-corrected chi connectivity index (χ3v) is 6.00. The van der Waals surface area contributed by atoms with Crippen molar-refractivity contribution < 1.29 is 30.8 Å². The lowest BCUT2D eigenvalue weighted by Gasteiger charge is -2.29. The zero-order valence-electron chi connectivity index (χ0n) is 19.2. The molecule has 2 N–H and O–H groups in total. The van der Waals surface area contributed by atoms with Gasteiger partial charge in [-0.2, -0.15) is 13.2 Å². The molecule has 1 aromatic heterocycles. The van der Waals surface area contributed by atoms with E-state index in [1.165, 1.54) is 30.4 Å². The Balaban J connectivity index is 1.75. The van der Waals surface area contributed by atoms with Gasteiger partial charge in [-0.15, -0.1) is 0 Å². The van der Waals surface area contributed by atoms with Gasteiger partial charge in [0.05, 0.1) is 18.0 Å². The van der Waals surface area contributed by atoms with E-state index in [4.69, 9.17) is 0 Å². The summed E-state index contributed by atoms with van der Waals surface area (Å²) in [5.74, 6) is -1.17. The lowest BCUT2D eigenvalue weighted by molar-refractivity contribution is -0.141. The molecule has 1 unspecified atom stereocenters. The number of piperidine rings is 1. The Bertz CT molecular complexity index is 1210. The number of pyridine rings is 1. The van der Waals surface area contributed by atoms with Crippen LogP contribution in [0, 0.1) is 5.82 Å². The highest BCUT2D eigenvalue weighted by Gasteiger charge is 2.33. The van der Waals surface area contributed by atoms with E-state index in [0.717, 1.165) is 37.7 Å². The van der Waals surface area contributed by atoms with Crippen LogP contribution in [0.25, 0.3) is 6.08 Å². The lowest BCUT2D eigenvalue weighted by atomic mass is 10.1. The standard InChI is InChI=1S/C23H26F4N4O3S/c1-15(17-6-9-19(18(24)14-17)30-35(2,33)34)28-21(32)11-8-16-7-10-20(23(25,26)27)29-22(16)31-12-4-3-5-13-31/h6-11,14-15,30H,3-5,12-13H2,1-2H3,(H,28,32)/b11-8+. The maximum Gasteiger partial charge on any atom is 0.433 e. The predicted molar refractivity (Wildman–Crippen MR) is 126 cm³/mol. The number of nitrogens with zero attached hydrogens (tertiary/aromatic N) is 2. The molecule has 2 aromatic rings. The van der Waals surface area contributed by atoms with E-state index in [1.54, 1.807) is 11.8 Å². The van der Waals surface area contributed by atoms with E-state index in [0.29, 0.717) is 24.2 Å². The smallest absolute Gasteiger partial charge is 0.356 e. The van der Waals surface area contributed by atoms with Crippen LogP contribution < -0.4 is 14.9 Å². The number of aromatic nitrogens is 1. The number of rotatable bonds is 7. The Hall–Kier alpha value is -3.15. The summed E-state index contributed by atoms with van der Waals surface area (Å²) in [4.78, 5) is 18.1. The molecule has 1 aromatic carbocycles. The fourth-order valence-electron chi connectivity index (χ4n) is 3.70. The third-order valence-electron chi connectivity index (χ3n) is 5.41. The van der Waals surface area contributed by atoms with Gasteiger partial charge >= 0.3 is 6.18 Å². The summed E-state index contributed by atoms with van der Waals surface area (Å²) in [5, 5.41) is 2.65. The Kier molecular flexibility index (Phi) is 8.04. The summed E-state index contributed by atoms with van der Waals surface area (Å²) in [6, 6.07) is 5.37. The monoisotopic (exact) mass is 514 g/mol. The highest BCUT2D eigenvalue weighted by atomic mass is 32.2. The molecule has 1 fully saturated rings. The summed E-state index contributed by atoms with van der Waals surface area (Å²) >= 11 is 0. The summed E-state index contributed by atoms with van der Waals surface area (Å²) < 4.78 is 78.5. The Morgan fingerprint density at radius 1 is 1.14 bits per heavy atom. The molecule has 1 aliphatic heterocycles. The molecule has 0 aliphatic carbocycles. The molecule has 3 rings (SSSR count). The van der Waals surface area contributed by atoms with Crippen LogP contribution in [0.15, 0.2) is 36.4 Å². The van der Waals surface area contributed by atoms with Gasteiger partial charge in [-0.3, -0.25) is 9.52 Å². The lowest BCUT2D eigenvalue weighted by Crippen LogP contribution is -2.31. The fraction of sp³-hybridized carbons (Fsp3) is 0.391. The summed E-state index contributed by atoms with van der Waals surface area (Å²) in [6.07, 6.45) is 1.58. The molecule has 190 valence electrons. The van der Waals surface area contributed by atoms with Crippen LogP contribution in [0.3, 0.4) is 0 Å². The zero-order valence-corrected chi connectivity index (χ0v) is 20.0. The van der Waals surface area contributed by atoms with Crippen LogP contribution in [-0.4, -0.2) is 38.7 Å². The van der Waals surface area contributed by atoms with Crippen LogP contribution in [0.5, 0.6) is 0 Å². The SMILES string of the molecule is CC(NC(=O)/C=C/c1ccc(C(F)(F)F)nc1N1CCCCC1)c1ccc(NS(C)(=O)=O)c(F)c1. The summed E-state index contributed by atoms with van der Waals surface area (Å²) in [5.41, 5.74) is -0.433. The van der Waals surface area contributed by atoms with Crippen molar-refractivity contribution in [2.24, 2.45) is 0 Å². The van der Waals surface area contributed by atoms with Crippen molar-refractivity contribution in [1.82, 2.24) is 10.3 Å². The van der Waals surface area contributed by atoms with Gasteiger partial charge in [-0.25, -0.2) is 17.8 Å². The maximum atomic E-state index is 14.2. The van der Waals surface area contributed by atoms with Gasteiger partial charge in [0.15, 0.2) is 0 Å². The molecule has 7 nitrogen and oxygen atoms in total. The number of anilines is 2. The second-order valence-corrected chi connectivity index (χ2v) is 10.1. The molecule has 1 amide bonds. The number of halogens is 4. The maximum absolute atomic E-state index is 14.2. The number of hydrogen-bond donors (Lipinski definition) is 2. The van der Waals surface area contributed by atoms with Gasteiger partial charge in [0.25, 0.3) is 0 Å². The van der Waals surface area contributed by atoms with Gasteiger partial charge < -0.3 is 10.2 Å². The normalized spacial score (nSPS) is 15.8. The summed E-state index contributed by atoms with van der Waals surface area (Å²) in [7, 11) is -3.65. The molecule has 1 aliphatic rings. The topological polar surface area (TPSA) is 91.4 Å². The van der Waals surface area contributed by atoms with Crippen LogP contribution in [0.4, 0.5) is 29.1 Å². The number of benzene rings is 1. The van der Waals surface area contributed by atoms with Crippen molar-refractivity contribution in [2.75, 3.05) is 29.0 Å². The fourth-order valence-corrected chi connectivity index (χ4v) is 4.26. The van der Waals surface area contributed by atoms with E-state index in [1.807, 2.05) is 0 Å². The molecule has 12 heteroatoms. The number of carbonyl (C=O) groups is 1. The minimum absolute atomic E-state index is 0.174. The number of carbonyl (C=O) groups excluding carboxylic acids is 1. The first kappa shape index (κ1) is 26.5. The number of hydrogen-bond acceptors (Lipinski definition) is 5. The van der Waals surface area contributed by atoms with Crippen molar-refractivity contribution >= 4 is 33.5 Å². The zero-order chi connectivity index (χ0) is 25.8. The molecular formula is C23H26F4N4O3S. The van der Waals surface area contributed by atoms with Crippen molar-refractivity contribution in [2.45, 2.75) is 38.4 Å².